The van der Waals surface area contributed by atoms with E-state index in [1.165, 1.54) is 6.20 Å². The molecule has 0 bridgehead atoms. The van der Waals surface area contributed by atoms with Gasteiger partial charge in [0.2, 0.25) is 11.8 Å². The lowest BCUT2D eigenvalue weighted by Crippen LogP contribution is -2.23. The number of ether oxygens (including phenoxy) is 1. The van der Waals surface area contributed by atoms with E-state index in [9.17, 15) is 19.5 Å². The van der Waals surface area contributed by atoms with Crippen LogP contribution in [0.4, 0.5) is 11.6 Å². The number of nitrogens with one attached hydrogen (secondary N) is 2. The number of fused-ring (bicyclic) bond motifs is 1. The Morgan fingerprint density at radius 2 is 1.97 bits per heavy atom. The van der Waals surface area contributed by atoms with E-state index in [0.717, 1.165) is 0 Å². The summed E-state index contributed by atoms with van der Waals surface area (Å²) in [5.41, 5.74) is 6.33. The third kappa shape index (κ3) is 7.14. The highest BCUT2D eigenvalue weighted by molar-refractivity contribution is 7.80. The Kier molecular flexibility index (Phi) is 8.20. The van der Waals surface area contributed by atoms with Crippen LogP contribution in [0.1, 0.15) is 31.0 Å². The van der Waals surface area contributed by atoms with E-state index in [-0.39, 0.29) is 42.4 Å². The number of aromatic nitrogens is 4. The van der Waals surface area contributed by atoms with Crippen LogP contribution in [0.5, 0.6) is 0 Å². The van der Waals surface area contributed by atoms with E-state index in [0.29, 0.717) is 16.9 Å². The number of anilines is 2. The van der Waals surface area contributed by atoms with Crippen molar-refractivity contribution in [2.75, 3.05) is 11.1 Å². The van der Waals surface area contributed by atoms with Crippen molar-refractivity contribution in [3.63, 3.8) is 0 Å². The van der Waals surface area contributed by atoms with Crippen molar-refractivity contribution in [1.29, 1.82) is 0 Å². The fourth-order valence-corrected chi connectivity index (χ4v) is 3.07. The largest absolute Gasteiger partial charge is 0.481 e. The maximum Gasteiger partial charge on any atom is 0.328 e. The van der Waals surface area contributed by atoms with Gasteiger partial charge in [0, 0.05) is 17.7 Å². The molecular formula is C21H23N7O6S. The summed E-state index contributed by atoms with van der Waals surface area (Å²) in [6.07, 6.45) is 0.963. The van der Waals surface area contributed by atoms with E-state index in [2.05, 4.69) is 42.9 Å². The molecule has 3 aromatic rings. The van der Waals surface area contributed by atoms with Crippen molar-refractivity contribution in [1.82, 2.24) is 19.9 Å². The summed E-state index contributed by atoms with van der Waals surface area (Å²) in [6.45, 7) is 1.90. The van der Waals surface area contributed by atoms with Crippen LogP contribution in [0.15, 0.2) is 40.2 Å². The van der Waals surface area contributed by atoms with Crippen molar-refractivity contribution < 1.29 is 24.5 Å². The van der Waals surface area contributed by atoms with Gasteiger partial charge in [0.1, 0.15) is 5.44 Å². The average Bonchev–Trinajstić information content (AvgIpc) is 2.79. The number of aliphatic carboxylic acids is 2. The first-order chi connectivity index (χ1) is 16.6. The van der Waals surface area contributed by atoms with Gasteiger partial charge in [0.25, 0.3) is 0 Å². The van der Waals surface area contributed by atoms with Gasteiger partial charge in [-0.3, -0.25) is 9.59 Å². The zero-order chi connectivity index (χ0) is 25.5. The lowest BCUT2D eigenvalue weighted by molar-refractivity contribution is -0.139. The molecule has 0 fully saturated rings. The first kappa shape index (κ1) is 25.4. The van der Waals surface area contributed by atoms with E-state index in [1.807, 2.05) is 0 Å². The Bertz CT molecular complexity index is 1310. The second-order valence-electron chi connectivity index (χ2n) is 7.35. The van der Waals surface area contributed by atoms with Gasteiger partial charge in [0.05, 0.1) is 18.4 Å². The molecule has 184 valence electrons. The highest BCUT2D eigenvalue weighted by atomic mass is 32.1. The van der Waals surface area contributed by atoms with Gasteiger partial charge in [-0.2, -0.15) is 4.98 Å². The number of nitrogens with two attached hydrogens (primary N) is 1. The molecule has 2 aromatic heterocycles. The first-order valence-electron chi connectivity index (χ1n) is 10.3. The summed E-state index contributed by atoms with van der Waals surface area (Å²) in [6, 6.07) is 5.47. The van der Waals surface area contributed by atoms with Crippen LogP contribution in [-0.4, -0.2) is 59.5 Å². The maximum absolute atomic E-state index is 12.0. The number of aromatic amines is 1. The molecule has 0 aliphatic rings. The van der Waals surface area contributed by atoms with Crippen molar-refractivity contribution >= 4 is 53.3 Å². The summed E-state index contributed by atoms with van der Waals surface area (Å²) in [4.78, 5) is 53.1. The highest BCUT2D eigenvalue weighted by Crippen LogP contribution is 2.16. The molecule has 6 N–H and O–H groups in total. The summed E-state index contributed by atoms with van der Waals surface area (Å²) in [5.74, 6) is -2.39. The molecule has 0 aliphatic heterocycles. The van der Waals surface area contributed by atoms with E-state index in [1.54, 1.807) is 31.2 Å². The number of rotatable bonds is 10. The molecule has 14 heteroatoms. The number of carboxylic acids is 2. The van der Waals surface area contributed by atoms with Crippen LogP contribution >= 0.6 is 12.6 Å². The molecule has 1 aromatic carbocycles. The smallest absolute Gasteiger partial charge is 0.328 e. The number of carbonyl (C=O) groups is 2. The van der Waals surface area contributed by atoms with Crippen LogP contribution in [0, 0.1) is 0 Å². The van der Waals surface area contributed by atoms with E-state index in [4.69, 9.17) is 15.6 Å². The van der Waals surface area contributed by atoms with Crippen molar-refractivity contribution in [2.45, 2.75) is 37.8 Å². The molecule has 0 saturated heterocycles. The van der Waals surface area contributed by atoms with Crippen LogP contribution in [0.2, 0.25) is 0 Å². The summed E-state index contributed by atoms with van der Waals surface area (Å²) in [5, 5.41) is 21.4. The molecule has 0 radical (unpaired) electrons. The zero-order valence-electron chi connectivity index (χ0n) is 18.5. The second kappa shape index (κ2) is 11.3. The van der Waals surface area contributed by atoms with Crippen LogP contribution in [0.25, 0.3) is 11.2 Å². The minimum absolute atomic E-state index is 0.0308. The number of thiol groups is 1. The van der Waals surface area contributed by atoms with Gasteiger partial charge >= 0.3 is 17.5 Å². The van der Waals surface area contributed by atoms with Crippen molar-refractivity contribution in [2.24, 2.45) is 4.99 Å². The molecule has 35 heavy (non-hydrogen) atoms. The molecule has 13 nitrogen and oxygen atoms in total. The number of carboxylic acid groups (broad SMARTS) is 2. The number of hydrogen-bond donors (Lipinski definition) is 6. The Balaban J connectivity index is 1.76. The summed E-state index contributed by atoms with van der Waals surface area (Å²) >= 11 is 4.17. The quantitative estimate of drug-likeness (QED) is 0.101. The van der Waals surface area contributed by atoms with E-state index >= 15 is 0 Å². The topological polar surface area (TPSA) is 206 Å². The molecule has 0 saturated carbocycles. The monoisotopic (exact) mass is 501 g/mol. The third-order valence-corrected chi connectivity index (χ3v) is 4.68. The fraction of sp³-hybridized carbons (Fsp3) is 0.286. The zero-order valence-corrected chi connectivity index (χ0v) is 19.4. The number of nitrogens with zero attached hydrogens (tertiary/aromatic N) is 4. The maximum atomic E-state index is 12.0. The first-order valence-corrected chi connectivity index (χ1v) is 10.9. The predicted octanol–water partition coefficient (Wildman–Crippen LogP) is 1.26. The Morgan fingerprint density at radius 3 is 2.60 bits per heavy atom. The van der Waals surface area contributed by atoms with Crippen LogP contribution in [0.3, 0.4) is 0 Å². The van der Waals surface area contributed by atoms with Gasteiger partial charge in [-0.25, -0.2) is 19.8 Å². The summed E-state index contributed by atoms with van der Waals surface area (Å²) in [7, 11) is 0. The summed E-state index contributed by atoms with van der Waals surface area (Å²) < 4.78 is 5.57. The number of H-pyrrole nitrogens is 1. The second-order valence-corrected chi connectivity index (χ2v) is 8.08. The fourth-order valence-electron chi connectivity index (χ4n) is 2.97. The van der Waals surface area contributed by atoms with Crippen LogP contribution in [-0.2, 0) is 20.9 Å². The van der Waals surface area contributed by atoms with Gasteiger partial charge in [-0.15, -0.1) is 12.6 Å². The van der Waals surface area contributed by atoms with Gasteiger partial charge < -0.3 is 31.0 Å². The SMILES string of the molecule is CC(S)O/C(=N\C(CCC(=O)O)C(=O)O)c1ccc(NCc2cnc3[nH]c(N)nc(=O)c3n2)cc1. The Hall–Kier alpha value is -4.20. The molecule has 3 rings (SSSR count). The molecule has 2 heterocycles. The standard InChI is InChI=1S/C21H23N7O6S/c1-10(35)34-19(26-14(20(32)33)6-7-15(29)30)11-2-4-12(5-3-11)23-8-13-9-24-17-16(25-13)18(31)28-21(22)27-17/h2-5,9-10,14,23,35H,6-8H2,1H3,(H,29,30)(H,32,33)(H3,22,24,27,28,31)/b26-19-. The van der Waals surface area contributed by atoms with Crippen molar-refractivity contribution in [3.05, 3.63) is 52.1 Å². The van der Waals surface area contributed by atoms with Gasteiger partial charge in [-0.1, -0.05) is 0 Å². The lowest BCUT2D eigenvalue weighted by atomic mass is 10.1. The highest BCUT2D eigenvalue weighted by Gasteiger charge is 2.20. The minimum Gasteiger partial charge on any atom is -0.481 e. The number of aliphatic imine (C=N–C) groups is 1. The lowest BCUT2D eigenvalue weighted by Gasteiger charge is -2.15. The van der Waals surface area contributed by atoms with E-state index < -0.39 is 29.0 Å². The molecule has 0 aliphatic carbocycles. The normalized spacial score (nSPS) is 13.3. The average molecular weight is 502 g/mol. The van der Waals surface area contributed by atoms with Gasteiger partial charge in [-0.05, 0) is 37.6 Å². The number of nitrogen functional groups attached to an aromatic ring is 1. The Labute approximate surface area is 203 Å². The van der Waals surface area contributed by atoms with Crippen LogP contribution < -0.4 is 16.6 Å². The third-order valence-electron chi connectivity index (χ3n) is 4.57. The van der Waals surface area contributed by atoms with Gasteiger partial charge in [0.15, 0.2) is 17.2 Å². The predicted molar refractivity (Wildman–Crippen MR) is 130 cm³/mol. The number of benzene rings is 1. The molecule has 0 amide bonds. The molecule has 2 unspecified atom stereocenters. The molecule has 0 spiro atoms. The number of hydrogen-bond acceptors (Lipinski definition) is 11. The molecular weight excluding hydrogens is 478 g/mol. The molecule has 2 atom stereocenters. The van der Waals surface area contributed by atoms with Crippen molar-refractivity contribution in [3.8, 4) is 0 Å². The Morgan fingerprint density at radius 1 is 1.26 bits per heavy atom. The minimum atomic E-state index is -1.29.